The van der Waals surface area contributed by atoms with Gasteiger partial charge in [-0.15, -0.1) is 11.8 Å². The molecule has 1 saturated heterocycles. The van der Waals surface area contributed by atoms with E-state index in [-0.39, 0.29) is 0 Å². The molecule has 1 aliphatic heterocycles. The van der Waals surface area contributed by atoms with Crippen LogP contribution in [-0.2, 0) is 0 Å². The zero-order valence-corrected chi connectivity index (χ0v) is 11.5. The Morgan fingerprint density at radius 1 is 1.33 bits per heavy atom. The van der Waals surface area contributed by atoms with E-state index >= 15 is 0 Å². The fraction of sp³-hybridized carbons (Fsp3) is 0.571. The maximum atomic E-state index is 5.79. The second-order valence-corrected chi connectivity index (χ2v) is 5.03. The van der Waals surface area contributed by atoms with Crippen molar-refractivity contribution in [2.24, 2.45) is 5.92 Å². The first kappa shape index (κ1) is 13.2. The SMILES string of the molecule is CC#CCCC1CCN(c2ncc(Cl)cn2)CC1. The monoisotopic (exact) mass is 263 g/mol. The number of anilines is 1. The molecular formula is C14H18ClN3. The van der Waals surface area contributed by atoms with E-state index in [1.54, 1.807) is 12.4 Å². The Hall–Kier alpha value is -1.27. The van der Waals surface area contributed by atoms with Gasteiger partial charge in [0.15, 0.2) is 0 Å². The molecule has 0 N–H and O–H groups in total. The highest BCUT2D eigenvalue weighted by Gasteiger charge is 2.20. The molecule has 2 heterocycles. The molecule has 96 valence electrons. The quantitative estimate of drug-likeness (QED) is 0.785. The van der Waals surface area contributed by atoms with E-state index in [1.807, 2.05) is 6.92 Å². The summed E-state index contributed by atoms with van der Waals surface area (Å²) in [5.41, 5.74) is 0. The summed E-state index contributed by atoms with van der Waals surface area (Å²) < 4.78 is 0. The van der Waals surface area contributed by atoms with Gasteiger partial charge in [-0.3, -0.25) is 0 Å². The van der Waals surface area contributed by atoms with Gasteiger partial charge in [0.2, 0.25) is 5.95 Å². The lowest BCUT2D eigenvalue weighted by Crippen LogP contribution is -2.34. The van der Waals surface area contributed by atoms with Crippen LogP contribution in [0.4, 0.5) is 5.95 Å². The third-order valence-corrected chi connectivity index (χ3v) is 3.55. The molecule has 0 atom stereocenters. The highest BCUT2D eigenvalue weighted by Crippen LogP contribution is 2.24. The van der Waals surface area contributed by atoms with E-state index < -0.39 is 0 Å². The fourth-order valence-corrected chi connectivity index (χ4v) is 2.39. The lowest BCUT2D eigenvalue weighted by atomic mass is 9.92. The van der Waals surface area contributed by atoms with Crippen molar-refractivity contribution in [3.63, 3.8) is 0 Å². The first-order valence-corrected chi connectivity index (χ1v) is 6.79. The predicted molar refractivity (Wildman–Crippen MR) is 74.7 cm³/mol. The van der Waals surface area contributed by atoms with E-state index in [0.29, 0.717) is 5.02 Å². The Labute approximate surface area is 114 Å². The third-order valence-electron chi connectivity index (χ3n) is 3.36. The van der Waals surface area contributed by atoms with E-state index in [0.717, 1.165) is 31.4 Å². The van der Waals surface area contributed by atoms with E-state index in [2.05, 4.69) is 26.7 Å². The number of hydrogen-bond donors (Lipinski definition) is 0. The lowest BCUT2D eigenvalue weighted by molar-refractivity contribution is 0.383. The number of rotatable bonds is 3. The largest absolute Gasteiger partial charge is 0.341 e. The minimum atomic E-state index is 0.590. The molecule has 1 aromatic rings. The zero-order valence-electron chi connectivity index (χ0n) is 10.7. The second-order valence-electron chi connectivity index (χ2n) is 4.60. The first-order chi connectivity index (χ1) is 8.79. The summed E-state index contributed by atoms with van der Waals surface area (Å²) in [6.45, 7) is 3.97. The van der Waals surface area contributed by atoms with Crippen LogP contribution < -0.4 is 4.90 Å². The molecule has 1 aliphatic rings. The molecule has 0 aromatic carbocycles. The normalized spacial score (nSPS) is 16.2. The minimum absolute atomic E-state index is 0.590. The topological polar surface area (TPSA) is 29.0 Å². The van der Waals surface area contributed by atoms with Gasteiger partial charge in [-0.05, 0) is 32.1 Å². The van der Waals surface area contributed by atoms with Gasteiger partial charge in [0, 0.05) is 19.5 Å². The van der Waals surface area contributed by atoms with Crippen molar-refractivity contribution in [2.45, 2.75) is 32.6 Å². The summed E-state index contributed by atoms with van der Waals surface area (Å²) in [5, 5.41) is 0.590. The van der Waals surface area contributed by atoms with E-state index in [4.69, 9.17) is 11.6 Å². The van der Waals surface area contributed by atoms with Gasteiger partial charge in [0.1, 0.15) is 0 Å². The summed E-state index contributed by atoms with van der Waals surface area (Å²) in [6, 6.07) is 0. The van der Waals surface area contributed by atoms with Crippen LogP contribution in [0.25, 0.3) is 0 Å². The van der Waals surface area contributed by atoms with Gasteiger partial charge in [-0.1, -0.05) is 11.6 Å². The van der Waals surface area contributed by atoms with Crippen molar-refractivity contribution in [1.29, 1.82) is 0 Å². The number of piperidine rings is 1. The zero-order chi connectivity index (χ0) is 12.8. The number of hydrogen-bond acceptors (Lipinski definition) is 3. The first-order valence-electron chi connectivity index (χ1n) is 6.41. The van der Waals surface area contributed by atoms with Crippen molar-refractivity contribution in [1.82, 2.24) is 9.97 Å². The molecule has 0 amide bonds. The number of halogens is 1. The minimum Gasteiger partial charge on any atom is -0.341 e. The molecule has 1 fully saturated rings. The van der Waals surface area contributed by atoms with E-state index in [9.17, 15) is 0 Å². The summed E-state index contributed by atoms with van der Waals surface area (Å²) in [6.07, 6.45) is 7.98. The third kappa shape index (κ3) is 3.61. The Bertz CT molecular complexity index is 425. The highest BCUT2D eigenvalue weighted by molar-refractivity contribution is 6.30. The van der Waals surface area contributed by atoms with Crippen LogP contribution in [0.15, 0.2) is 12.4 Å². The standard InChI is InChI=1S/C14H18ClN3/c1-2-3-4-5-12-6-8-18(9-7-12)14-16-10-13(15)11-17-14/h10-12H,4-9H2,1H3. The van der Waals surface area contributed by atoms with Crippen LogP contribution in [0, 0.1) is 17.8 Å². The van der Waals surface area contributed by atoms with Gasteiger partial charge >= 0.3 is 0 Å². The van der Waals surface area contributed by atoms with Crippen LogP contribution >= 0.6 is 11.6 Å². The Balaban J connectivity index is 1.82. The molecule has 0 aliphatic carbocycles. The maximum Gasteiger partial charge on any atom is 0.225 e. The van der Waals surface area contributed by atoms with Crippen molar-refractivity contribution in [2.75, 3.05) is 18.0 Å². The van der Waals surface area contributed by atoms with Gasteiger partial charge in [0.05, 0.1) is 17.4 Å². The van der Waals surface area contributed by atoms with Crippen LogP contribution in [-0.4, -0.2) is 23.1 Å². The fourth-order valence-electron chi connectivity index (χ4n) is 2.29. The van der Waals surface area contributed by atoms with Crippen LogP contribution in [0.3, 0.4) is 0 Å². The average molecular weight is 264 g/mol. The van der Waals surface area contributed by atoms with Crippen LogP contribution in [0.1, 0.15) is 32.6 Å². The van der Waals surface area contributed by atoms with Gasteiger partial charge in [0.25, 0.3) is 0 Å². The van der Waals surface area contributed by atoms with Gasteiger partial charge < -0.3 is 4.90 Å². The smallest absolute Gasteiger partial charge is 0.225 e. The number of nitrogens with zero attached hydrogens (tertiary/aromatic N) is 3. The van der Waals surface area contributed by atoms with Crippen LogP contribution in [0.2, 0.25) is 5.02 Å². The molecule has 2 rings (SSSR count). The number of aromatic nitrogens is 2. The molecule has 18 heavy (non-hydrogen) atoms. The van der Waals surface area contributed by atoms with Crippen molar-refractivity contribution in [3.8, 4) is 11.8 Å². The predicted octanol–water partition coefficient (Wildman–Crippen LogP) is 3.15. The highest BCUT2D eigenvalue weighted by atomic mass is 35.5. The molecule has 0 spiro atoms. The molecule has 0 saturated carbocycles. The van der Waals surface area contributed by atoms with Crippen LogP contribution in [0.5, 0.6) is 0 Å². The molecule has 4 heteroatoms. The van der Waals surface area contributed by atoms with Crippen molar-refractivity contribution >= 4 is 17.5 Å². The molecular weight excluding hydrogens is 246 g/mol. The molecule has 3 nitrogen and oxygen atoms in total. The molecule has 1 aromatic heterocycles. The molecule has 0 unspecified atom stereocenters. The van der Waals surface area contributed by atoms with Crippen molar-refractivity contribution in [3.05, 3.63) is 17.4 Å². The summed E-state index contributed by atoms with van der Waals surface area (Å²) in [5.74, 6) is 7.69. The Morgan fingerprint density at radius 3 is 2.61 bits per heavy atom. The average Bonchev–Trinajstić information content (AvgIpc) is 2.41. The Morgan fingerprint density at radius 2 is 2.00 bits per heavy atom. The Kier molecular flexibility index (Phi) is 4.83. The summed E-state index contributed by atoms with van der Waals surface area (Å²) in [7, 11) is 0. The van der Waals surface area contributed by atoms with Gasteiger partial charge in [-0.2, -0.15) is 0 Å². The van der Waals surface area contributed by atoms with E-state index in [1.165, 1.54) is 19.3 Å². The second kappa shape index (κ2) is 6.61. The lowest BCUT2D eigenvalue weighted by Gasteiger charge is -2.31. The van der Waals surface area contributed by atoms with Gasteiger partial charge in [-0.25, -0.2) is 9.97 Å². The molecule has 0 radical (unpaired) electrons. The summed E-state index contributed by atoms with van der Waals surface area (Å²) in [4.78, 5) is 10.8. The maximum absolute atomic E-state index is 5.79. The van der Waals surface area contributed by atoms with Crippen molar-refractivity contribution < 1.29 is 0 Å². The molecule has 0 bridgehead atoms. The summed E-state index contributed by atoms with van der Waals surface area (Å²) >= 11 is 5.79.